The Morgan fingerprint density at radius 1 is 1.10 bits per heavy atom. The van der Waals surface area contributed by atoms with Crippen molar-refractivity contribution < 1.29 is 29.3 Å². The molecule has 1 fully saturated rings. The van der Waals surface area contributed by atoms with Gasteiger partial charge in [0.15, 0.2) is 0 Å². The average Bonchev–Trinajstić information content (AvgIpc) is 2.98. The molecule has 0 aliphatic carbocycles. The lowest BCUT2D eigenvalue weighted by molar-refractivity contribution is -0.140. The predicted molar refractivity (Wildman–Crippen MR) is 107 cm³/mol. The summed E-state index contributed by atoms with van der Waals surface area (Å²) in [6.45, 7) is 0.701. The number of likely N-dealkylation sites (tertiary alicyclic amines) is 1. The zero-order valence-corrected chi connectivity index (χ0v) is 16.3. The highest BCUT2D eigenvalue weighted by Gasteiger charge is 2.45. The first-order valence-electron chi connectivity index (χ1n) is 9.18. The second kappa shape index (κ2) is 8.79. The molecule has 1 heterocycles. The van der Waals surface area contributed by atoms with Crippen molar-refractivity contribution in [1.29, 1.82) is 0 Å². The lowest BCUT2D eigenvalue weighted by Gasteiger charge is -2.25. The van der Waals surface area contributed by atoms with E-state index in [1.807, 2.05) is 0 Å². The van der Waals surface area contributed by atoms with Gasteiger partial charge in [-0.1, -0.05) is 12.1 Å². The van der Waals surface area contributed by atoms with Crippen molar-refractivity contribution in [2.75, 3.05) is 27.4 Å². The summed E-state index contributed by atoms with van der Waals surface area (Å²) < 4.78 is 10.2. The molecule has 2 N–H and O–H groups in total. The third kappa shape index (κ3) is 4.09. The highest BCUT2D eigenvalue weighted by Crippen LogP contribution is 2.40. The SMILES string of the molecule is COCCCN1C(=O)C(=O)C(=C(O)c2ccc(OC)cc2)C1c1cccc(O)c1. The van der Waals surface area contributed by atoms with Crippen LogP contribution < -0.4 is 4.74 Å². The number of phenolic OH excluding ortho intramolecular Hbond substituents is 1. The van der Waals surface area contributed by atoms with Gasteiger partial charge >= 0.3 is 0 Å². The summed E-state index contributed by atoms with van der Waals surface area (Å²) in [7, 11) is 3.09. The molecule has 1 amide bonds. The van der Waals surface area contributed by atoms with E-state index in [4.69, 9.17) is 9.47 Å². The number of Topliss-reactive ketones (excluding diaryl/α,β-unsaturated/α-hetero) is 1. The number of methoxy groups -OCH3 is 2. The van der Waals surface area contributed by atoms with Crippen LogP contribution in [0.5, 0.6) is 11.5 Å². The Hall–Kier alpha value is -3.32. The molecule has 0 aromatic heterocycles. The van der Waals surface area contributed by atoms with Gasteiger partial charge in [0, 0.05) is 25.8 Å². The first kappa shape index (κ1) is 20.4. The van der Waals surface area contributed by atoms with Crippen LogP contribution in [0.15, 0.2) is 54.1 Å². The zero-order chi connectivity index (χ0) is 21.0. The van der Waals surface area contributed by atoms with E-state index in [1.165, 1.54) is 24.1 Å². The van der Waals surface area contributed by atoms with E-state index in [-0.39, 0.29) is 23.6 Å². The van der Waals surface area contributed by atoms with Crippen LogP contribution in [0.1, 0.15) is 23.6 Å². The summed E-state index contributed by atoms with van der Waals surface area (Å²) in [4.78, 5) is 27.0. The number of aliphatic hydroxyl groups excluding tert-OH is 1. The molecule has 152 valence electrons. The van der Waals surface area contributed by atoms with E-state index in [0.29, 0.717) is 29.9 Å². The zero-order valence-electron chi connectivity index (χ0n) is 16.3. The quantitative estimate of drug-likeness (QED) is 0.323. The van der Waals surface area contributed by atoms with Gasteiger partial charge in [-0.25, -0.2) is 0 Å². The summed E-state index contributed by atoms with van der Waals surface area (Å²) in [6, 6.07) is 12.1. The minimum absolute atomic E-state index is 0.00873. The Morgan fingerprint density at radius 2 is 1.83 bits per heavy atom. The van der Waals surface area contributed by atoms with Gasteiger partial charge in [0.1, 0.15) is 17.3 Å². The van der Waals surface area contributed by atoms with Crippen molar-refractivity contribution in [3.8, 4) is 11.5 Å². The Bertz CT molecular complexity index is 935. The summed E-state index contributed by atoms with van der Waals surface area (Å²) in [5, 5.41) is 20.8. The second-order valence-corrected chi connectivity index (χ2v) is 6.66. The van der Waals surface area contributed by atoms with E-state index in [2.05, 4.69) is 0 Å². The molecule has 0 saturated carbocycles. The number of aliphatic hydroxyl groups is 1. The van der Waals surface area contributed by atoms with Crippen molar-refractivity contribution in [3.63, 3.8) is 0 Å². The first-order valence-corrected chi connectivity index (χ1v) is 9.18. The number of carbonyl (C=O) groups excluding carboxylic acids is 2. The number of aromatic hydroxyl groups is 1. The normalized spacial score (nSPS) is 18.3. The van der Waals surface area contributed by atoms with Crippen LogP contribution in [0, 0.1) is 0 Å². The monoisotopic (exact) mass is 397 g/mol. The van der Waals surface area contributed by atoms with Gasteiger partial charge in [0.2, 0.25) is 0 Å². The van der Waals surface area contributed by atoms with Crippen molar-refractivity contribution in [1.82, 2.24) is 4.90 Å². The number of carbonyl (C=O) groups is 2. The molecule has 0 spiro atoms. The highest BCUT2D eigenvalue weighted by atomic mass is 16.5. The number of ether oxygens (including phenoxy) is 2. The van der Waals surface area contributed by atoms with Crippen molar-refractivity contribution >= 4 is 17.4 Å². The maximum Gasteiger partial charge on any atom is 0.295 e. The van der Waals surface area contributed by atoms with Gasteiger partial charge in [-0.15, -0.1) is 0 Å². The van der Waals surface area contributed by atoms with Crippen LogP contribution in [0.3, 0.4) is 0 Å². The molecule has 1 atom stereocenters. The van der Waals surface area contributed by atoms with Crippen LogP contribution in [0.25, 0.3) is 5.76 Å². The number of amides is 1. The van der Waals surface area contributed by atoms with E-state index >= 15 is 0 Å². The Morgan fingerprint density at radius 3 is 2.45 bits per heavy atom. The molecular formula is C22H23NO6. The smallest absolute Gasteiger partial charge is 0.295 e. The standard InChI is InChI=1S/C22H23NO6/c1-28-12-4-11-23-19(15-5-3-6-16(24)13-15)18(21(26)22(23)27)20(25)14-7-9-17(29-2)10-8-14/h3,5-10,13,19,24-25H,4,11-12H2,1-2H3. The van der Waals surface area contributed by atoms with Gasteiger partial charge in [0.05, 0.1) is 18.7 Å². The number of benzene rings is 2. The molecule has 1 saturated heterocycles. The lowest BCUT2D eigenvalue weighted by atomic mass is 9.95. The summed E-state index contributed by atoms with van der Waals surface area (Å²) in [5.74, 6) is -1.11. The van der Waals surface area contributed by atoms with Gasteiger partial charge in [0.25, 0.3) is 11.7 Å². The summed E-state index contributed by atoms with van der Waals surface area (Å²) in [5.41, 5.74) is 0.922. The maximum absolute atomic E-state index is 12.8. The molecule has 1 unspecified atom stereocenters. The number of phenols is 1. The number of hydrogen-bond donors (Lipinski definition) is 2. The van der Waals surface area contributed by atoms with Gasteiger partial charge in [-0.05, 0) is 48.4 Å². The predicted octanol–water partition coefficient (Wildman–Crippen LogP) is 2.86. The van der Waals surface area contributed by atoms with Crippen LogP contribution in [0.2, 0.25) is 0 Å². The summed E-state index contributed by atoms with van der Waals surface area (Å²) >= 11 is 0. The van der Waals surface area contributed by atoms with E-state index in [1.54, 1.807) is 43.5 Å². The van der Waals surface area contributed by atoms with E-state index in [9.17, 15) is 19.8 Å². The van der Waals surface area contributed by atoms with Crippen molar-refractivity contribution in [2.45, 2.75) is 12.5 Å². The molecule has 7 heteroatoms. The van der Waals surface area contributed by atoms with E-state index in [0.717, 1.165) is 0 Å². The molecule has 2 aromatic carbocycles. The van der Waals surface area contributed by atoms with Crippen LogP contribution in [-0.2, 0) is 14.3 Å². The molecule has 1 aliphatic rings. The number of rotatable bonds is 7. The van der Waals surface area contributed by atoms with E-state index < -0.39 is 17.7 Å². The van der Waals surface area contributed by atoms with Crippen molar-refractivity contribution in [2.24, 2.45) is 0 Å². The third-order valence-electron chi connectivity index (χ3n) is 4.84. The van der Waals surface area contributed by atoms with Crippen LogP contribution in [0.4, 0.5) is 0 Å². The Labute approximate surface area is 168 Å². The molecule has 3 rings (SSSR count). The largest absolute Gasteiger partial charge is 0.508 e. The van der Waals surface area contributed by atoms with Crippen LogP contribution >= 0.6 is 0 Å². The molecule has 0 radical (unpaired) electrons. The molecule has 29 heavy (non-hydrogen) atoms. The number of nitrogens with zero attached hydrogens (tertiary/aromatic N) is 1. The number of ketones is 1. The first-order chi connectivity index (χ1) is 14.0. The van der Waals surface area contributed by atoms with Gasteiger partial charge < -0.3 is 24.6 Å². The lowest BCUT2D eigenvalue weighted by Crippen LogP contribution is -2.31. The molecule has 0 bridgehead atoms. The molecular weight excluding hydrogens is 374 g/mol. The minimum atomic E-state index is -0.805. The fraction of sp³-hybridized carbons (Fsp3) is 0.273. The maximum atomic E-state index is 12.8. The van der Waals surface area contributed by atoms with Gasteiger partial charge in [-0.2, -0.15) is 0 Å². The second-order valence-electron chi connectivity index (χ2n) is 6.66. The highest BCUT2D eigenvalue weighted by molar-refractivity contribution is 6.46. The third-order valence-corrected chi connectivity index (χ3v) is 4.84. The Balaban J connectivity index is 2.10. The molecule has 2 aromatic rings. The number of hydrogen-bond acceptors (Lipinski definition) is 6. The fourth-order valence-electron chi connectivity index (χ4n) is 3.44. The van der Waals surface area contributed by atoms with Crippen molar-refractivity contribution in [3.05, 3.63) is 65.2 Å². The molecule has 1 aliphatic heterocycles. The van der Waals surface area contributed by atoms with Gasteiger partial charge in [-0.3, -0.25) is 9.59 Å². The average molecular weight is 397 g/mol. The van der Waals surface area contributed by atoms with Crippen LogP contribution in [-0.4, -0.2) is 54.2 Å². The molecule has 7 nitrogen and oxygen atoms in total. The fourth-order valence-corrected chi connectivity index (χ4v) is 3.44. The Kier molecular flexibility index (Phi) is 6.19. The summed E-state index contributed by atoms with van der Waals surface area (Å²) in [6.07, 6.45) is 0.529. The minimum Gasteiger partial charge on any atom is -0.508 e. The topological polar surface area (TPSA) is 96.3 Å².